The molecule has 1 aromatic rings. The van der Waals surface area contributed by atoms with E-state index in [4.69, 9.17) is 4.74 Å². The van der Waals surface area contributed by atoms with Crippen molar-refractivity contribution in [3.05, 3.63) is 30.1 Å². The van der Waals surface area contributed by atoms with Crippen molar-refractivity contribution in [1.82, 2.24) is 10.3 Å². The van der Waals surface area contributed by atoms with Crippen molar-refractivity contribution in [2.45, 2.75) is 39.0 Å². The van der Waals surface area contributed by atoms with Crippen molar-refractivity contribution in [2.75, 3.05) is 13.2 Å². The van der Waals surface area contributed by atoms with Crippen molar-refractivity contribution in [3.8, 4) is 0 Å². The first-order chi connectivity index (χ1) is 7.97. The molecule has 17 heavy (non-hydrogen) atoms. The van der Waals surface area contributed by atoms with Crippen molar-refractivity contribution >= 4 is 0 Å². The zero-order valence-electron chi connectivity index (χ0n) is 10.8. The average Bonchev–Trinajstić information content (AvgIpc) is 2.27. The maximum absolute atomic E-state index is 9.69. The highest BCUT2D eigenvalue weighted by molar-refractivity contribution is 5.08. The molecule has 0 amide bonds. The van der Waals surface area contributed by atoms with E-state index in [0.717, 1.165) is 12.1 Å². The summed E-state index contributed by atoms with van der Waals surface area (Å²) in [5.41, 5.74) is 0.954. The first-order valence-electron chi connectivity index (χ1n) is 5.89. The lowest BCUT2D eigenvalue weighted by Crippen LogP contribution is -2.33. The SMILES string of the molecule is CC(C)(C)OCC(O)CNCc1ccncc1. The summed E-state index contributed by atoms with van der Waals surface area (Å²) in [6.45, 7) is 7.54. The van der Waals surface area contributed by atoms with Crippen molar-refractivity contribution < 1.29 is 9.84 Å². The Kier molecular flexibility index (Phi) is 5.55. The van der Waals surface area contributed by atoms with E-state index in [-0.39, 0.29) is 5.60 Å². The topological polar surface area (TPSA) is 54.4 Å². The van der Waals surface area contributed by atoms with Crippen LogP contribution in [0.3, 0.4) is 0 Å². The minimum absolute atomic E-state index is 0.202. The number of aliphatic hydroxyl groups is 1. The maximum Gasteiger partial charge on any atom is 0.0898 e. The third kappa shape index (κ3) is 7.05. The molecular formula is C13H22N2O2. The van der Waals surface area contributed by atoms with Crippen LogP contribution in [-0.4, -0.2) is 34.9 Å². The summed E-state index contributed by atoms with van der Waals surface area (Å²) in [5, 5.41) is 12.9. The molecule has 1 aromatic heterocycles. The highest BCUT2D eigenvalue weighted by Gasteiger charge is 2.13. The predicted molar refractivity (Wildman–Crippen MR) is 67.7 cm³/mol. The van der Waals surface area contributed by atoms with Crippen LogP contribution < -0.4 is 5.32 Å². The van der Waals surface area contributed by atoms with E-state index in [1.165, 1.54) is 0 Å². The molecule has 0 saturated heterocycles. The summed E-state index contributed by atoms with van der Waals surface area (Å²) in [6.07, 6.45) is 3.04. The predicted octanol–water partition coefficient (Wildman–Crippen LogP) is 1.35. The third-order valence-corrected chi connectivity index (χ3v) is 2.17. The van der Waals surface area contributed by atoms with Crippen LogP contribution in [0, 0.1) is 0 Å². The quantitative estimate of drug-likeness (QED) is 0.785. The zero-order chi connectivity index (χ0) is 12.7. The van der Waals surface area contributed by atoms with Crippen LogP contribution in [0.1, 0.15) is 26.3 Å². The number of rotatable bonds is 6. The first-order valence-corrected chi connectivity index (χ1v) is 5.89. The summed E-state index contributed by atoms with van der Waals surface area (Å²) in [5.74, 6) is 0. The average molecular weight is 238 g/mol. The van der Waals surface area contributed by atoms with Crippen LogP contribution in [0.2, 0.25) is 0 Å². The molecule has 4 nitrogen and oxygen atoms in total. The lowest BCUT2D eigenvalue weighted by Gasteiger charge is -2.22. The molecule has 1 unspecified atom stereocenters. The fourth-order valence-corrected chi connectivity index (χ4v) is 1.29. The first kappa shape index (κ1) is 14.1. The molecular weight excluding hydrogens is 216 g/mol. The van der Waals surface area contributed by atoms with Gasteiger partial charge in [0.1, 0.15) is 0 Å². The van der Waals surface area contributed by atoms with E-state index in [1.54, 1.807) is 12.4 Å². The molecule has 96 valence electrons. The van der Waals surface area contributed by atoms with Gasteiger partial charge < -0.3 is 15.2 Å². The normalized spacial score (nSPS) is 13.6. The molecule has 0 bridgehead atoms. The van der Waals surface area contributed by atoms with Crippen LogP contribution in [-0.2, 0) is 11.3 Å². The van der Waals surface area contributed by atoms with Crippen molar-refractivity contribution in [3.63, 3.8) is 0 Å². The van der Waals surface area contributed by atoms with Gasteiger partial charge in [-0.1, -0.05) is 0 Å². The summed E-state index contributed by atoms with van der Waals surface area (Å²) in [6, 6.07) is 3.90. The van der Waals surface area contributed by atoms with E-state index in [0.29, 0.717) is 13.2 Å². The van der Waals surface area contributed by atoms with Crippen LogP contribution >= 0.6 is 0 Å². The molecule has 0 fully saturated rings. The number of hydrogen-bond donors (Lipinski definition) is 2. The second-order valence-corrected chi connectivity index (χ2v) is 5.06. The van der Waals surface area contributed by atoms with E-state index in [9.17, 15) is 5.11 Å². The molecule has 0 aliphatic heterocycles. The fraction of sp³-hybridized carbons (Fsp3) is 0.615. The highest BCUT2D eigenvalue weighted by Crippen LogP contribution is 2.06. The van der Waals surface area contributed by atoms with E-state index in [2.05, 4.69) is 10.3 Å². The lowest BCUT2D eigenvalue weighted by atomic mass is 10.2. The molecule has 0 radical (unpaired) electrons. The molecule has 0 aromatic carbocycles. The van der Waals surface area contributed by atoms with Gasteiger partial charge in [0.25, 0.3) is 0 Å². The second-order valence-electron chi connectivity index (χ2n) is 5.06. The summed E-state index contributed by atoms with van der Waals surface area (Å²) >= 11 is 0. The van der Waals surface area contributed by atoms with Gasteiger partial charge in [-0.05, 0) is 38.5 Å². The van der Waals surface area contributed by atoms with E-state index >= 15 is 0 Å². The monoisotopic (exact) mass is 238 g/mol. The van der Waals surface area contributed by atoms with Crippen LogP contribution in [0.25, 0.3) is 0 Å². The lowest BCUT2D eigenvalue weighted by molar-refractivity contribution is -0.0479. The minimum atomic E-state index is -0.476. The molecule has 1 heterocycles. The van der Waals surface area contributed by atoms with Gasteiger partial charge in [-0.15, -0.1) is 0 Å². The van der Waals surface area contributed by atoms with Crippen molar-refractivity contribution in [2.24, 2.45) is 0 Å². The van der Waals surface area contributed by atoms with Crippen LogP contribution in [0.4, 0.5) is 0 Å². The Balaban J connectivity index is 2.14. The third-order valence-electron chi connectivity index (χ3n) is 2.17. The summed E-state index contributed by atoms with van der Waals surface area (Å²) in [7, 11) is 0. The molecule has 0 spiro atoms. The minimum Gasteiger partial charge on any atom is -0.389 e. The molecule has 2 N–H and O–H groups in total. The second kappa shape index (κ2) is 6.69. The van der Waals surface area contributed by atoms with Crippen molar-refractivity contribution in [1.29, 1.82) is 0 Å². The molecule has 0 aliphatic carbocycles. The number of pyridine rings is 1. The van der Waals surface area contributed by atoms with Gasteiger partial charge in [-0.25, -0.2) is 0 Å². The van der Waals surface area contributed by atoms with Gasteiger partial charge in [0.2, 0.25) is 0 Å². The van der Waals surface area contributed by atoms with Gasteiger partial charge in [-0.2, -0.15) is 0 Å². The Morgan fingerprint density at radius 1 is 1.35 bits per heavy atom. The molecule has 0 saturated carbocycles. The number of nitrogens with one attached hydrogen (secondary N) is 1. The smallest absolute Gasteiger partial charge is 0.0898 e. The Labute approximate surface area is 103 Å². The standard InChI is InChI=1S/C13H22N2O2/c1-13(2,3)17-10-12(16)9-15-8-11-4-6-14-7-5-11/h4-7,12,15-16H,8-10H2,1-3H3. The fourth-order valence-electron chi connectivity index (χ4n) is 1.29. The Bertz CT molecular complexity index is 309. The van der Waals surface area contributed by atoms with Crippen LogP contribution in [0.15, 0.2) is 24.5 Å². The van der Waals surface area contributed by atoms with Crippen LogP contribution in [0.5, 0.6) is 0 Å². The summed E-state index contributed by atoms with van der Waals surface area (Å²) < 4.78 is 5.49. The Hall–Kier alpha value is -0.970. The summed E-state index contributed by atoms with van der Waals surface area (Å²) in [4.78, 5) is 3.95. The maximum atomic E-state index is 9.69. The van der Waals surface area contributed by atoms with Gasteiger partial charge in [0.15, 0.2) is 0 Å². The molecule has 0 aliphatic rings. The number of hydrogen-bond acceptors (Lipinski definition) is 4. The van der Waals surface area contributed by atoms with E-state index < -0.39 is 6.10 Å². The Morgan fingerprint density at radius 2 is 2.00 bits per heavy atom. The molecule has 4 heteroatoms. The molecule has 1 atom stereocenters. The zero-order valence-corrected chi connectivity index (χ0v) is 10.8. The van der Waals surface area contributed by atoms with Gasteiger partial charge >= 0.3 is 0 Å². The number of aromatic nitrogens is 1. The highest BCUT2D eigenvalue weighted by atomic mass is 16.5. The largest absolute Gasteiger partial charge is 0.389 e. The van der Waals surface area contributed by atoms with Gasteiger partial charge in [-0.3, -0.25) is 4.98 Å². The Morgan fingerprint density at radius 3 is 2.59 bits per heavy atom. The number of aliphatic hydroxyl groups excluding tert-OH is 1. The number of nitrogens with zero attached hydrogens (tertiary/aromatic N) is 1. The number of ether oxygens (including phenoxy) is 1. The van der Waals surface area contributed by atoms with Gasteiger partial charge in [0.05, 0.1) is 18.3 Å². The van der Waals surface area contributed by atoms with E-state index in [1.807, 2.05) is 32.9 Å². The van der Waals surface area contributed by atoms with Gasteiger partial charge in [0, 0.05) is 25.5 Å². The molecule has 1 rings (SSSR count).